The van der Waals surface area contributed by atoms with E-state index in [0.717, 1.165) is 35.3 Å². The molecule has 0 aliphatic carbocycles. The van der Waals surface area contributed by atoms with Crippen molar-refractivity contribution >= 4 is 16.6 Å². The first-order valence-corrected chi connectivity index (χ1v) is 6.67. The first-order valence-electron chi connectivity index (χ1n) is 6.67. The fraction of sp³-hybridized carbons (Fsp3) is 0.438. The molecule has 1 N–H and O–H groups in total. The number of nitrogens with one attached hydrogen (secondary N) is 1. The first kappa shape index (κ1) is 13.7. The summed E-state index contributed by atoms with van der Waals surface area (Å²) in [6, 6.07) is 8.03. The van der Waals surface area contributed by atoms with Crippen LogP contribution in [0, 0.1) is 5.41 Å². The van der Waals surface area contributed by atoms with Crippen molar-refractivity contribution in [2.24, 2.45) is 5.41 Å². The molecule has 2 aromatic rings. The molecule has 102 valence electrons. The Bertz CT molecular complexity index is 558. The molecule has 3 nitrogen and oxygen atoms in total. The van der Waals surface area contributed by atoms with E-state index in [0.29, 0.717) is 5.41 Å². The number of fused-ring (bicyclic) bond motifs is 1. The Morgan fingerprint density at radius 3 is 2.63 bits per heavy atom. The number of hydrogen-bond donors (Lipinski definition) is 1. The number of aromatic nitrogens is 1. The van der Waals surface area contributed by atoms with E-state index in [2.05, 4.69) is 37.1 Å². The van der Waals surface area contributed by atoms with Gasteiger partial charge in [0.2, 0.25) is 0 Å². The van der Waals surface area contributed by atoms with Crippen molar-refractivity contribution in [1.82, 2.24) is 4.98 Å². The predicted octanol–water partition coefficient (Wildman–Crippen LogP) is 4.09. The van der Waals surface area contributed by atoms with E-state index in [4.69, 9.17) is 4.74 Å². The molecule has 0 spiro atoms. The number of ether oxygens (including phenoxy) is 1. The molecule has 0 radical (unpaired) electrons. The fourth-order valence-corrected chi connectivity index (χ4v) is 2.05. The van der Waals surface area contributed by atoms with E-state index in [-0.39, 0.29) is 0 Å². The van der Waals surface area contributed by atoms with Crippen LogP contribution >= 0.6 is 0 Å². The Balaban J connectivity index is 2.24. The van der Waals surface area contributed by atoms with E-state index < -0.39 is 0 Å². The maximum absolute atomic E-state index is 5.39. The summed E-state index contributed by atoms with van der Waals surface area (Å²) in [6.07, 6.45) is 2.93. The Morgan fingerprint density at radius 2 is 1.95 bits per heavy atom. The van der Waals surface area contributed by atoms with Crippen LogP contribution < -0.4 is 10.1 Å². The van der Waals surface area contributed by atoms with Gasteiger partial charge in [-0.1, -0.05) is 32.9 Å². The molecule has 0 aliphatic heterocycles. The van der Waals surface area contributed by atoms with Gasteiger partial charge in [-0.2, -0.15) is 0 Å². The lowest BCUT2D eigenvalue weighted by Crippen LogP contribution is -2.13. The molecule has 1 aromatic heterocycles. The molecular formula is C16H22N2O. The van der Waals surface area contributed by atoms with Crippen molar-refractivity contribution in [2.45, 2.75) is 27.2 Å². The number of anilines is 1. The van der Waals surface area contributed by atoms with Crippen LogP contribution in [0.1, 0.15) is 27.2 Å². The average molecular weight is 258 g/mol. The second-order valence-electron chi connectivity index (χ2n) is 5.95. The molecule has 1 aromatic carbocycles. The Hall–Kier alpha value is -1.77. The van der Waals surface area contributed by atoms with E-state index in [1.54, 1.807) is 7.11 Å². The van der Waals surface area contributed by atoms with Crippen LogP contribution in [-0.4, -0.2) is 18.6 Å². The second kappa shape index (κ2) is 5.47. The first-order chi connectivity index (χ1) is 9.01. The summed E-state index contributed by atoms with van der Waals surface area (Å²) in [7, 11) is 1.70. The van der Waals surface area contributed by atoms with Crippen LogP contribution in [0.2, 0.25) is 0 Å². The highest BCUT2D eigenvalue weighted by Crippen LogP contribution is 2.29. The molecule has 0 unspecified atom stereocenters. The van der Waals surface area contributed by atoms with E-state index in [1.807, 2.05) is 24.4 Å². The van der Waals surface area contributed by atoms with Crippen LogP contribution in [0.5, 0.6) is 5.75 Å². The van der Waals surface area contributed by atoms with Gasteiger partial charge >= 0.3 is 0 Å². The standard InChI is InChI=1S/C16H22N2O/c1-16(2,3)9-11-18-15-13-6-5-7-14(19-4)12(13)8-10-17-15/h5-8,10H,9,11H2,1-4H3,(H,17,18). The van der Waals surface area contributed by atoms with Gasteiger partial charge in [0.05, 0.1) is 7.11 Å². The number of benzene rings is 1. The average Bonchev–Trinajstić information content (AvgIpc) is 2.37. The van der Waals surface area contributed by atoms with Gasteiger partial charge in [-0.25, -0.2) is 4.98 Å². The molecule has 3 heteroatoms. The molecule has 1 heterocycles. The van der Waals surface area contributed by atoms with Gasteiger partial charge in [-0.3, -0.25) is 0 Å². The monoisotopic (exact) mass is 258 g/mol. The molecule has 0 atom stereocenters. The zero-order valence-electron chi connectivity index (χ0n) is 12.2. The third kappa shape index (κ3) is 3.37. The summed E-state index contributed by atoms with van der Waals surface area (Å²) in [6.45, 7) is 7.66. The lowest BCUT2D eigenvalue weighted by atomic mass is 9.92. The Labute approximate surface area is 115 Å². The largest absolute Gasteiger partial charge is 0.496 e. The Kier molecular flexibility index (Phi) is 3.93. The number of rotatable bonds is 4. The summed E-state index contributed by atoms with van der Waals surface area (Å²) in [5, 5.41) is 5.63. The normalized spacial score (nSPS) is 11.6. The van der Waals surface area contributed by atoms with Gasteiger partial charge in [0.25, 0.3) is 0 Å². The summed E-state index contributed by atoms with van der Waals surface area (Å²) in [4.78, 5) is 4.44. The third-order valence-electron chi connectivity index (χ3n) is 3.15. The van der Waals surface area contributed by atoms with Crippen LogP contribution in [0.15, 0.2) is 30.5 Å². The SMILES string of the molecule is COc1cccc2c(NCCC(C)(C)C)nccc12. The minimum atomic E-state index is 0.329. The number of pyridine rings is 1. The van der Waals surface area contributed by atoms with Crippen LogP contribution in [-0.2, 0) is 0 Å². The summed E-state index contributed by atoms with van der Waals surface area (Å²) >= 11 is 0. The van der Waals surface area contributed by atoms with Gasteiger partial charge in [-0.05, 0) is 24.0 Å². The second-order valence-corrected chi connectivity index (χ2v) is 5.95. The molecular weight excluding hydrogens is 236 g/mol. The maximum atomic E-state index is 5.39. The van der Waals surface area contributed by atoms with E-state index in [9.17, 15) is 0 Å². The van der Waals surface area contributed by atoms with Crippen molar-refractivity contribution in [1.29, 1.82) is 0 Å². The highest BCUT2D eigenvalue weighted by Gasteiger charge is 2.10. The summed E-state index contributed by atoms with van der Waals surface area (Å²) in [5.41, 5.74) is 0.329. The smallest absolute Gasteiger partial charge is 0.133 e. The highest BCUT2D eigenvalue weighted by molar-refractivity contribution is 5.95. The predicted molar refractivity (Wildman–Crippen MR) is 80.9 cm³/mol. The summed E-state index contributed by atoms with van der Waals surface area (Å²) in [5.74, 6) is 1.82. The zero-order valence-corrected chi connectivity index (χ0v) is 12.2. The minimum Gasteiger partial charge on any atom is -0.496 e. The fourth-order valence-electron chi connectivity index (χ4n) is 2.05. The van der Waals surface area contributed by atoms with E-state index >= 15 is 0 Å². The highest BCUT2D eigenvalue weighted by atomic mass is 16.5. The van der Waals surface area contributed by atoms with Crippen molar-refractivity contribution in [3.63, 3.8) is 0 Å². The molecule has 2 rings (SSSR count). The molecule has 0 saturated carbocycles. The van der Waals surface area contributed by atoms with Crippen LogP contribution in [0.25, 0.3) is 10.8 Å². The molecule has 0 bridgehead atoms. The van der Waals surface area contributed by atoms with Gasteiger partial charge in [0.1, 0.15) is 11.6 Å². The van der Waals surface area contributed by atoms with E-state index in [1.165, 1.54) is 0 Å². The third-order valence-corrected chi connectivity index (χ3v) is 3.15. The maximum Gasteiger partial charge on any atom is 0.133 e. The van der Waals surface area contributed by atoms with Gasteiger partial charge in [0.15, 0.2) is 0 Å². The van der Waals surface area contributed by atoms with Crippen molar-refractivity contribution in [3.05, 3.63) is 30.5 Å². The quantitative estimate of drug-likeness (QED) is 0.896. The lowest BCUT2D eigenvalue weighted by Gasteiger charge is -2.18. The van der Waals surface area contributed by atoms with Crippen molar-refractivity contribution in [2.75, 3.05) is 19.0 Å². The number of methoxy groups -OCH3 is 1. The number of hydrogen-bond acceptors (Lipinski definition) is 3. The van der Waals surface area contributed by atoms with Gasteiger partial charge < -0.3 is 10.1 Å². The molecule has 0 saturated heterocycles. The van der Waals surface area contributed by atoms with Crippen molar-refractivity contribution in [3.8, 4) is 5.75 Å². The lowest BCUT2D eigenvalue weighted by molar-refractivity contribution is 0.389. The summed E-state index contributed by atoms with van der Waals surface area (Å²) < 4.78 is 5.39. The zero-order chi connectivity index (χ0) is 13.9. The molecule has 0 aliphatic rings. The molecule has 19 heavy (non-hydrogen) atoms. The Morgan fingerprint density at radius 1 is 1.16 bits per heavy atom. The van der Waals surface area contributed by atoms with Gasteiger partial charge in [0, 0.05) is 23.5 Å². The molecule has 0 amide bonds. The molecule has 0 fully saturated rings. The topological polar surface area (TPSA) is 34.1 Å². The van der Waals surface area contributed by atoms with Crippen LogP contribution in [0.3, 0.4) is 0 Å². The van der Waals surface area contributed by atoms with Crippen molar-refractivity contribution < 1.29 is 4.74 Å². The number of nitrogens with zero attached hydrogens (tertiary/aromatic N) is 1. The minimum absolute atomic E-state index is 0.329. The van der Waals surface area contributed by atoms with Crippen LogP contribution in [0.4, 0.5) is 5.82 Å². The van der Waals surface area contributed by atoms with Gasteiger partial charge in [-0.15, -0.1) is 0 Å².